The molecular formula is C28H42FN3O3. The number of carbonyl (C=O) groups is 2. The van der Waals surface area contributed by atoms with Gasteiger partial charge in [-0.1, -0.05) is 46.0 Å². The first-order chi connectivity index (χ1) is 16.7. The van der Waals surface area contributed by atoms with E-state index in [0.717, 1.165) is 37.1 Å². The van der Waals surface area contributed by atoms with Crippen LogP contribution >= 0.6 is 0 Å². The van der Waals surface area contributed by atoms with Crippen molar-refractivity contribution in [2.75, 3.05) is 44.3 Å². The Kier molecular flexibility index (Phi) is 8.35. The maximum atomic E-state index is 13.9. The van der Waals surface area contributed by atoms with E-state index in [4.69, 9.17) is 4.74 Å². The van der Waals surface area contributed by atoms with Crippen LogP contribution in [0.15, 0.2) is 18.2 Å². The summed E-state index contributed by atoms with van der Waals surface area (Å²) in [6.45, 7) is 10.1. The number of carbonyl (C=O) groups excluding carboxylic acids is 2. The minimum Gasteiger partial charge on any atom is -0.378 e. The Hall–Kier alpha value is -2.15. The summed E-state index contributed by atoms with van der Waals surface area (Å²) >= 11 is 0. The van der Waals surface area contributed by atoms with Crippen molar-refractivity contribution in [1.29, 1.82) is 0 Å². The third-order valence-corrected chi connectivity index (χ3v) is 8.00. The van der Waals surface area contributed by atoms with Gasteiger partial charge in [0, 0.05) is 55.7 Å². The van der Waals surface area contributed by atoms with Crippen LogP contribution in [0.1, 0.15) is 71.3 Å². The number of rotatable bonds is 8. The molecule has 1 aliphatic carbocycles. The van der Waals surface area contributed by atoms with Crippen LogP contribution in [0, 0.1) is 17.7 Å². The van der Waals surface area contributed by atoms with Gasteiger partial charge in [0.15, 0.2) is 0 Å². The first-order valence-electron chi connectivity index (χ1n) is 13.4. The molecule has 7 heteroatoms. The number of nitrogens with zero attached hydrogens (tertiary/aromatic N) is 2. The topological polar surface area (TPSA) is 61.9 Å². The molecule has 0 spiro atoms. The molecule has 2 heterocycles. The zero-order chi connectivity index (χ0) is 25.0. The molecule has 6 nitrogen and oxygen atoms in total. The summed E-state index contributed by atoms with van der Waals surface area (Å²) < 4.78 is 19.3. The Morgan fingerprint density at radius 1 is 1.17 bits per heavy atom. The SMILES string of the molecule is C[C@@H](CN1CC(C)(C)c2cc(F)ccc21)NC(=O)[C@@H](CC(=O)N1CCOCC1)CC1CCCCC1. The molecule has 1 aromatic rings. The van der Waals surface area contributed by atoms with E-state index in [0.29, 0.717) is 38.8 Å². The lowest BCUT2D eigenvalue weighted by Crippen LogP contribution is -2.47. The van der Waals surface area contributed by atoms with Gasteiger partial charge >= 0.3 is 0 Å². The summed E-state index contributed by atoms with van der Waals surface area (Å²) in [7, 11) is 0. The number of hydrogen-bond donors (Lipinski definition) is 1. The van der Waals surface area contributed by atoms with E-state index in [9.17, 15) is 14.0 Å². The number of nitrogens with one attached hydrogen (secondary N) is 1. The van der Waals surface area contributed by atoms with Crippen molar-refractivity contribution in [2.24, 2.45) is 11.8 Å². The third-order valence-electron chi connectivity index (χ3n) is 8.00. The molecule has 2 fully saturated rings. The van der Waals surface area contributed by atoms with E-state index >= 15 is 0 Å². The van der Waals surface area contributed by atoms with Gasteiger partial charge in [0.2, 0.25) is 11.8 Å². The van der Waals surface area contributed by atoms with Crippen molar-refractivity contribution >= 4 is 17.5 Å². The molecule has 4 rings (SSSR count). The molecule has 1 saturated carbocycles. The standard InChI is InChI=1S/C28H42FN3O3/c1-20(18-32-19-28(2,3)24-17-23(29)9-10-25(24)32)30-27(34)22(15-21-7-5-4-6-8-21)16-26(33)31-11-13-35-14-12-31/h9-10,17,20-22H,4-8,11-16,18-19H2,1-3H3,(H,30,34)/t20-,22+/m0/s1. The van der Waals surface area contributed by atoms with Crippen molar-refractivity contribution in [2.45, 2.75) is 77.2 Å². The lowest BCUT2D eigenvalue weighted by Gasteiger charge is -2.31. The van der Waals surface area contributed by atoms with E-state index in [1.165, 1.54) is 25.3 Å². The number of amides is 2. The van der Waals surface area contributed by atoms with Crippen LogP contribution in [0.25, 0.3) is 0 Å². The van der Waals surface area contributed by atoms with Crippen molar-refractivity contribution in [3.05, 3.63) is 29.6 Å². The fraction of sp³-hybridized carbons (Fsp3) is 0.714. The lowest BCUT2D eigenvalue weighted by molar-refractivity contribution is -0.140. The van der Waals surface area contributed by atoms with Crippen LogP contribution in [0.4, 0.5) is 10.1 Å². The van der Waals surface area contributed by atoms with E-state index in [1.54, 1.807) is 6.07 Å². The minimum atomic E-state index is -0.299. The molecule has 194 valence electrons. The molecule has 2 atom stereocenters. The van der Waals surface area contributed by atoms with Crippen molar-refractivity contribution in [3.63, 3.8) is 0 Å². The van der Waals surface area contributed by atoms with Gasteiger partial charge in [-0.25, -0.2) is 4.39 Å². The van der Waals surface area contributed by atoms with Gasteiger partial charge in [-0.3, -0.25) is 9.59 Å². The van der Waals surface area contributed by atoms with Crippen LogP contribution < -0.4 is 10.2 Å². The fourth-order valence-electron chi connectivity index (χ4n) is 6.13. The Morgan fingerprint density at radius 2 is 1.89 bits per heavy atom. The summed E-state index contributed by atoms with van der Waals surface area (Å²) in [6.07, 6.45) is 7.08. The fourth-order valence-corrected chi connectivity index (χ4v) is 6.13. The highest BCUT2D eigenvalue weighted by Gasteiger charge is 2.36. The van der Waals surface area contributed by atoms with Crippen LogP contribution in [0.3, 0.4) is 0 Å². The molecule has 1 saturated heterocycles. The maximum Gasteiger partial charge on any atom is 0.223 e. The van der Waals surface area contributed by atoms with E-state index in [2.05, 4.69) is 24.1 Å². The van der Waals surface area contributed by atoms with E-state index < -0.39 is 0 Å². The second-order valence-electron chi connectivity index (χ2n) is 11.5. The highest BCUT2D eigenvalue weighted by atomic mass is 19.1. The van der Waals surface area contributed by atoms with Crippen molar-refractivity contribution < 1.29 is 18.7 Å². The molecule has 2 aliphatic heterocycles. The number of hydrogen-bond acceptors (Lipinski definition) is 4. The summed E-state index contributed by atoms with van der Waals surface area (Å²) in [5.41, 5.74) is 1.91. The minimum absolute atomic E-state index is 0.0116. The van der Waals surface area contributed by atoms with Crippen LogP contribution in [-0.2, 0) is 19.7 Å². The molecule has 0 unspecified atom stereocenters. The summed E-state index contributed by atoms with van der Waals surface area (Å²) in [5, 5.41) is 3.22. The van der Waals surface area contributed by atoms with Gasteiger partial charge in [-0.15, -0.1) is 0 Å². The number of anilines is 1. The number of benzene rings is 1. The molecule has 1 aromatic carbocycles. The lowest BCUT2D eigenvalue weighted by atomic mass is 9.81. The molecule has 0 aromatic heterocycles. The molecule has 35 heavy (non-hydrogen) atoms. The Balaban J connectivity index is 1.39. The van der Waals surface area contributed by atoms with Crippen LogP contribution in [0.5, 0.6) is 0 Å². The second kappa shape index (κ2) is 11.3. The molecule has 3 aliphatic rings. The summed E-state index contributed by atoms with van der Waals surface area (Å²) in [5.74, 6) is 0.0629. The van der Waals surface area contributed by atoms with Gasteiger partial charge in [0.25, 0.3) is 0 Å². The van der Waals surface area contributed by atoms with Crippen LogP contribution in [0.2, 0.25) is 0 Å². The van der Waals surface area contributed by atoms with Crippen LogP contribution in [-0.4, -0.2) is 62.1 Å². The average Bonchev–Trinajstić information content (AvgIpc) is 3.08. The van der Waals surface area contributed by atoms with Gasteiger partial charge in [0.1, 0.15) is 5.82 Å². The van der Waals surface area contributed by atoms with Gasteiger partial charge in [-0.2, -0.15) is 0 Å². The maximum absolute atomic E-state index is 13.9. The van der Waals surface area contributed by atoms with Gasteiger partial charge in [-0.05, 0) is 43.0 Å². The summed E-state index contributed by atoms with van der Waals surface area (Å²) in [6, 6.07) is 4.91. The zero-order valence-corrected chi connectivity index (χ0v) is 21.7. The number of halogens is 1. The molecule has 0 radical (unpaired) electrons. The smallest absolute Gasteiger partial charge is 0.223 e. The number of fused-ring (bicyclic) bond motifs is 1. The first-order valence-corrected chi connectivity index (χ1v) is 13.4. The third kappa shape index (κ3) is 6.54. The molecule has 1 N–H and O–H groups in total. The zero-order valence-electron chi connectivity index (χ0n) is 21.7. The molecule has 2 amide bonds. The summed E-state index contributed by atoms with van der Waals surface area (Å²) in [4.78, 5) is 30.6. The predicted octanol–water partition coefficient (Wildman–Crippen LogP) is 4.26. The highest BCUT2D eigenvalue weighted by Crippen LogP contribution is 2.40. The second-order valence-corrected chi connectivity index (χ2v) is 11.5. The molecule has 0 bridgehead atoms. The number of morpholine rings is 1. The average molecular weight is 488 g/mol. The first kappa shape index (κ1) is 25.9. The predicted molar refractivity (Wildman–Crippen MR) is 136 cm³/mol. The van der Waals surface area contributed by atoms with Gasteiger partial charge in [0.05, 0.1) is 13.2 Å². The molecular weight excluding hydrogens is 445 g/mol. The quantitative estimate of drug-likeness (QED) is 0.595. The van der Waals surface area contributed by atoms with E-state index in [1.807, 2.05) is 17.9 Å². The van der Waals surface area contributed by atoms with Crippen molar-refractivity contribution in [3.8, 4) is 0 Å². The highest BCUT2D eigenvalue weighted by molar-refractivity contribution is 5.86. The van der Waals surface area contributed by atoms with Gasteiger partial charge < -0.3 is 19.9 Å². The number of ether oxygens (including phenoxy) is 1. The Morgan fingerprint density at radius 3 is 2.60 bits per heavy atom. The monoisotopic (exact) mass is 487 g/mol. The Labute approximate surface area is 209 Å². The Bertz CT molecular complexity index is 893. The van der Waals surface area contributed by atoms with Crippen molar-refractivity contribution in [1.82, 2.24) is 10.2 Å². The van der Waals surface area contributed by atoms with E-state index in [-0.39, 0.29) is 41.4 Å². The normalized spacial score (nSPS) is 21.9. The largest absolute Gasteiger partial charge is 0.378 e.